The predicted molar refractivity (Wildman–Crippen MR) is 49.6 cm³/mol. The lowest BCUT2D eigenvalue weighted by atomic mass is 9.97. The Labute approximate surface area is 73.9 Å². The molecule has 68 valence electrons. The normalized spacial score (nSPS) is 27.0. The SMILES string of the molecule is N=CC1CCCCCCCC1=O. The summed E-state index contributed by atoms with van der Waals surface area (Å²) in [7, 11) is 0. The molecule has 0 aliphatic heterocycles. The first-order valence-electron chi connectivity index (χ1n) is 4.88. The average molecular weight is 167 g/mol. The number of hydrogen-bond donors (Lipinski definition) is 1. The number of ketones is 1. The van der Waals surface area contributed by atoms with Crippen LogP contribution in [-0.2, 0) is 4.79 Å². The molecule has 1 N–H and O–H groups in total. The van der Waals surface area contributed by atoms with Gasteiger partial charge in [0.2, 0.25) is 0 Å². The molecule has 1 aliphatic rings. The van der Waals surface area contributed by atoms with E-state index in [9.17, 15) is 4.79 Å². The van der Waals surface area contributed by atoms with Crippen LogP contribution in [0.15, 0.2) is 0 Å². The Kier molecular flexibility index (Phi) is 3.98. The zero-order chi connectivity index (χ0) is 8.81. The van der Waals surface area contributed by atoms with Gasteiger partial charge in [-0.3, -0.25) is 4.79 Å². The molecule has 1 aliphatic carbocycles. The fourth-order valence-electron chi connectivity index (χ4n) is 1.72. The number of carbonyl (C=O) groups is 1. The number of rotatable bonds is 1. The second kappa shape index (κ2) is 5.07. The topological polar surface area (TPSA) is 40.9 Å². The Morgan fingerprint density at radius 3 is 2.58 bits per heavy atom. The molecule has 1 saturated carbocycles. The maximum absolute atomic E-state index is 11.4. The maximum Gasteiger partial charge on any atom is 0.141 e. The second-order valence-corrected chi connectivity index (χ2v) is 3.55. The third kappa shape index (κ3) is 2.76. The van der Waals surface area contributed by atoms with Crippen LogP contribution in [0.25, 0.3) is 0 Å². The number of carbonyl (C=O) groups excluding carboxylic acids is 1. The molecule has 0 aromatic carbocycles. The van der Waals surface area contributed by atoms with Crippen LogP contribution in [0, 0.1) is 11.3 Å². The summed E-state index contributed by atoms with van der Waals surface area (Å²) in [6.45, 7) is 0. The first-order valence-corrected chi connectivity index (χ1v) is 4.88. The molecule has 12 heavy (non-hydrogen) atoms. The predicted octanol–water partition coefficient (Wildman–Crippen LogP) is 2.57. The summed E-state index contributed by atoms with van der Waals surface area (Å²) in [5.74, 6) is 0.218. The van der Waals surface area contributed by atoms with Crippen molar-refractivity contribution in [2.45, 2.75) is 44.9 Å². The molecule has 0 saturated heterocycles. The zero-order valence-electron chi connectivity index (χ0n) is 7.51. The molecule has 1 fully saturated rings. The van der Waals surface area contributed by atoms with Crippen molar-refractivity contribution in [1.29, 1.82) is 5.41 Å². The van der Waals surface area contributed by atoms with Crippen LogP contribution in [-0.4, -0.2) is 12.0 Å². The van der Waals surface area contributed by atoms with Gasteiger partial charge in [0.1, 0.15) is 5.78 Å². The maximum atomic E-state index is 11.4. The van der Waals surface area contributed by atoms with E-state index in [-0.39, 0.29) is 11.7 Å². The van der Waals surface area contributed by atoms with Crippen LogP contribution in [0.1, 0.15) is 44.9 Å². The molecule has 1 rings (SSSR count). The van der Waals surface area contributed by atoms with Gasteiger partial charge in [-0.05, 0) is 12.8 Å². The van der Waals surface area contributed by atoms with E-state index in [0.29, 0.717) is 6.42 Å². The molecule has 0 radical (unpaired) electrons. The van der Waals surface area contributed by atoms with Crippen molar-refractivity contribution in [1.82, 2.24) is 0 Å². The third-order valence-electron chi connectivity index (χ3n) is 2.55. The summed E-state index contributed by atoms with van der Waals surface area (Å²) in [6.07, 6.45) is 8.76. The number of hydrogen-bond acceptors (Lipinski definition) is 2. The van der Waals surface area contributed by atoms with Gasteiger partial charge in [0.15, 0.2) is 0 Å². The third-order valence-corrected chi connectivity index (χ3v) is 2.55. The van der Waals surface area contributed by atoms with Gasteiger partial charge in [0.25, 0.3) is 0 Å². The minimum Gasteiger partial charge on any atom is -0.312 e. The minimum absolute atomic E-state index is 0.0666. The summed E-state index contributed by atoms with van der Waals surface area (Å²) in [5.41, 5.74) is 0. The van der Waals surface area contributed by atoms with E-state index in [1.807, 2.05) is 0 Å². The first kappa shape index (κ1) is 9.43. The summed E-state index contributed by atoms with van der Waals surface area (Å²) in [6, 6.07) is 0. The lowest BCUT2D eigenvalue weighted by Gasteiger charge is -2.06. The van der Waals surface area contributed by atoms with Gasteiger partial charge < -0.3 is 5.41 Å². The highest BCUT2D eigenvalue weighted by molar-refractivity contribution is 5.93. The summed E-state index contributed by atoms with van der Waals surface area (Å²) in [5, 5.41) is 7.12. The molecule has 0 spiro atoms. The molecule has 2 nitrogen and oxygen atoms in total. The van der Waals surface area contributed by atoms with Crippen molar-refractivity contribution in [3.05, 3.63) is 0 Å². The van der Waals surface area contributed by atoms with Crippen LogP contribution in [0.4, 0.5) is 0 Å². The minimum atomic E-state index is -0.0666. The highest BCUT2D eigenvalue weighted by Crippen LogP contribution is 2.17. The Morgan fingerprint density at radius 2 is 1.83 bits per heavy atom. The van der Waals surface area contributed by atoms with Gasteiger partial charge in [-0.1, -0.05) is 25.7 Å². The smallest absolute Gasteiger partial charge is 0.141 e. The molecular formula is C10H17NO. The molecule has 0 heterocycles. The zero-order valence-corrected chi connectivity index (χ0v) is 7.51. The van der Waals surface area contributed by atoms with E-state index in [2.05, 4.69) is 0 Å². The fourth-order valence-corrected chi connectivity index (χ4v) is 1.72. The summed E-state index contributed by atoms with van der Waals surface area (Å²) >= 11 is 0. The van der Waals surface area contributed by atoms with E-state index < -0.39 is 0 Å². The molecule has 0 aromatic heterocycles. The molecule has 0 amide bonds. The van der Waals surface area contributed by atoms with Crippen LogP contribution >= 0.6 is 0 Å². The second-order valence-electron chi connectivity index (χ2n) is 3.55. The molecule has 1 atom stereocenters. The lowest BCUT2D eigenvalue weighted by molar-refractivity contribution is -0.121. The van der Waals surface area contributed by atoms with E-state index in [1.54, 1.807) is 0 Å². The van der Waals surface area contributed by atoms with Gasteiger partial charge in [0, 0.05) is 12.6 Å². The molecule has 1 unspecified atom stereocenters. The van der Waals surface area contributed by atoms with Crippen LogP contribution in [0.5, 0.6) is 0 Å². The Morgan fingerprint density at radius 1 is 1.17 bits per heavy atom. The highest BCUT2D eigenvalue weighted by atomic mass is 16.1. The molecule has 2 heteroatoms. The van der Waals surface area contributed by atoms with Gasteiger partial charge >= 0.3 is 0 Å². The molecule has 0 bridgehead atoms. The van der Waals surface area contributed by atoms with Gasteiger partial charge in [-0.15, -0.1) is 0 Å². The Hall–Kier alpha value is -0.660. The monoisotopic (exact) mass is 167 g/mol. The van der Waals surface area contributed by atoms with E-state index in [1.165, 1.54) is 25.5 Å². The van der Waals surface area contributed by atoms with Crippen LogP contribution in [0.3, 0.4) is 0 Å². The lowest BCUT2D eigenvalue weighted by Crippen LogP contribution is -2.14. The Bertz CT molecular complexity index is 165. The van der Waals surface area contributed by atoms with Crippen molar-refractivity contribution in [3.8, 4) is 0 Å². The number of Topliss-reactive ketones (excluding diaryl/α,β-unsaturated/α-hetero) is 1. The summed E-state index contributed by atoms with van der Waals surface area (Å²) in [4.78, 5) is 11.4. The fraction of sp³-hybridized carbons (Fsp3) is 0.800. The largest absolute Gasteiger partial charge is 0.312 e. The van der Waals surface area contributed by atoms with Crippen molar-refractivity contribution in [3.63, 3.8) is 0 Å². The van der Waals surface area contributed by atoms with E-state index in [0.717, 1.165) is 19.3 Å². The van der Waals surface area contributed by atoms with E-state index >= 15 is 0 Å². The van der Waals surface area contributed by atoms with Gasteiger partial charge in [0.05, 0.1) is 5.92 Å². The highest BCUT2D eigenvalue weighted by Gasteiger charge is 2.15. The van der Waals surface area contributed by atoms with E-state index in [4.69, 9.17) is 5.41 Å². The molecule has 0 aromatic rings. The van der Waals surface area contributed by atoms with Crippen LogP contribution < -0.4 is 0 Å². The van der Waals surface area contributed by atoms with Gasteiger partial charge in [-0.25, -0.2) is 0 Å². The van der Waals surface area contributed by atoms with Crippen LogP contribution in [0.2, 0.25) is 0 Å². The molecular weight excluding hydrogens is 150 g/mol. The van der Waals surface area contributed by atoms with Crippen molar-refractivity contribution >= 4 is 12.0 Å². The quantitative estimate of drug-likeness (QED) is 0.599. The van der Waals surface area contributed by atoms with Crippen molar-refractivity contribution < 1.29 is 4.79 Å². The first-order chi connectivity index (χ1) is 5.84. The van der Waals surface area contributed by atoms with Gasteiger partial charge in [-0.2, -0.15) is 0 Å². The standard InChI is InChI=1S/C10H17NO/c11-8-9-6-4-2-1-3-5-7-10(9)12/h8-9,11H,1-7H2. The Balaban J connectivity index is 2.46. The van der Waals surface area contributed by atoms with Crippen molar-refractivity contribution in [2.24, 2.45) is 5.92 Å². The van der Waals surface area contributed by atoms with Crippen molar-refractivity contribution in [2.75, 3.05) is 0 Å². The average Bonchev–Trinajstić information content (AvgIpc) is 2.17. The number of nitrogens with one attached hydrogen (secondary N) is 1. The summed E-state index contributed by atoms with van der Waals surface area (Å²) < 4.78 is 0.